The van der Waals surface area contributed by atoms with Crippen molar-refractivity contribution in [1.82, 2.24) is 10.3 Å². The fourth-order valence-electron chi connectivity index (χ4n) is 4.20. The van der Waals surface area contributed by atoms with Crippen molar-refractivity contribution in [3.05, 3.63) is 24.5 Å². The molecule has 0 aromatic carbocycles. The Hall–Kier alpha value is -1.82. The molecule has 0 unspecified atom stereocenters. The van der Waals surface area contributed by atoms with Gasteiger partial charge in [-0.3, -0.25) is 14.6 Å². The molecule has 1 aromatic rings. The molecule has 0 atom stereocenters. The van der Waals surface area contributed by atoms with Crippen molar-refractivity contribution in [3.63, 3.8) is 0 Å². The molecule has 0 spiro atoms. The van der Waals surface area contributed by atoms with Gasteiger partial charge in [0, 0.05) is 49.6 Å². The molecular formula is C20H30ClN3O3. The molecule has 0 radical (unpaired) electrons. The minimum Gasteiger partial charge on any atom is -0.481 e. The van der Waals surface area contributed by atoms with Crippen LogP contribution in [0.2, 0.25) is 0 Å². The van der Waals surface area contributed by atoms with E-state index in [0.29, 0.717) is 5.92 Å². The van der Waals surface area contributed by atoms with Gasteiger partial charge in [0.25, 0.3) is 0 Å². The van der Waals surface area contributed by atoms with Gasteiger partial charge in [0.1, 0.15) is 0 Å². The summed E-state index contributed by atoms with van der Waals surface area (Å²) in [4.78, 5) is 29.6. The number of hydrogen-bond acceptors (Lipinski definition) is 4. The van der Waals surface area contributed by atoms with Crippen molar-refractivity contribution < 1.29 is 14.7 Å². The number of carboxylic acids is 1. The molecule has 0 bridgehead atoms. The summed E-state index contributed by atoms with van der Waals surface area (Å²) in [6, 6.07) is 4.30. The Balaban J connectivity index is 0.00000261. The number of halogens is 1. The standard InChI is InChI=1S/C20H29N3O3.ClH/c24-19(25)6-3-15-1-4-17(5-2-15)22-20(26)16-9-13-23(14-10-16)18-7-11-21-12-8-18;/h7-8,11-12,15-17H,1-6,9-10,13-14H2,(H,22,26)(H,24,25);1H. The molecule has 1 amide bonds. The Labute approximate surface area is 167 Å². The van der Waals surface area contributed by atoms with Crippen LogP contribution in [0.1, 0.15) is 51.4 Å². The zero-order valence-electron chi connectivity index (χ0n) is 15.7. The lowest BCUT2D eigenvalue weighted by molar-refractivity contribution is -0.137. The van der Waals surface area contributed by atoms with Crippen molar-refractivity contribution in [2.75, 3.05) is 18.0 Å². The first-order valence-corrected chi connectivity index (χ1v) is 9.79. The number of amides is 1. The molecule has 6 nitrogen and oxygen atoms in total. The number of pyridine rings is 1. The summed E-state index contributed by atoms with van der Waals surface area (Å²) >= 11 is 0. The maximum absolute atomic E-state index is 12.6. The van der Waals surface area contributed by atoms with Crippen molar-refractivity contribution >= 4 is 30.0 Å². The summed E-state index contributed by atoms with van der Waals surface area (Å²) < 4.78 is 0. The van der Waals surface area contributed by atoms with Crippen LogP contribution >= 0.6 is 12.4 Å². The number of nitrogens with one attached hydrogen (secondary N) is 1. The van der Waals surface area contributed by atoms with Gasteiger partial charge in [-0.1, -0.05) is 0 Å². The molecule has 1 aliphatic heterocycles. The molecule has 2 N–H and O–H groups in total. The second kappa shape index (κ2) is 10.5. The summed E-state index contributed by atoms with van der Waals surface area (Å²) in [6.07, 6.45) is 10.4. The smallest absolute Gasteiger partial charge is 0.303 e. The van der Waals surface area contributed by atoms with E-state index in [9.17, 15) is 9.59 Å². The minimum atomic E-state index is -0.710. The van der Waals surface area contributed by atoms with Gasteiger partial charge < -0.3 is 15.3 Å². The molecule has 2 aliphatic rings. The number of nitrogens with zero attached hydrogens (tertiary/aromatic N) is 2. The fraction of sp³-hybridized carbons (Fsp3) is 0.650. The van der Waals surface area contributed by atoms with Crippen LogP contribution in [-0.2, 0) is 9.59 Å². The van der Waals surface area contributed by atoms with Gasteiger partial charge in [0.05, 0.1) is 0 Å². The Morgan fingerprint density at radius 1 is 1.07 bits per heavy atom. The van der Waals surface area contributed by atoms with Crippen LogP contribution in [0.25, 0.3) is 0 Å². The molecule has 1 aromatic heterocycles. The van der Waals surface area contributed by atoms with Crippen LogP contribution in [0.3, 0.4) is 0 Å². The average Bonchev–Trinajstić information content (AvgIpc) is 2.68. The number of hydrogen-bond donors (Lipinski definition) is 2. The second-order valence-electron chi connectivity index (χ2n) is 7.63. The van der Waals surface area contributed by atoms with E-state index in [-0.39, 0.29) is 36.7 Å². The normalized spacial score (nSPS) is 23.3. The monoisotopic (exact) mass is 395 g/mol. The Kier molecular flexibility index (Phi) is 8.35. The quantitative estimate of drug-likeness (QED) is 0.772. The maximum Gasteiger partial charge on any atom is 0.303 e. The third-order valence-electron chi connectivity index (χ3n) is 5.85. The third-order valence-corrected chi connectivity index (χ3v) is 5.85. The van der Waals surface area contributed by atoms with E-state index in [1.54, 1.807) is 12.4 Å². The third kappa shape index (κ3) is 6.38. The summed E-state index contributed by atoms with van der Waals surface area (Å²) in [5.41, 5.74) is 1.18. The molecule has 7 heteroatoms. The molecule has 150 valence electrons. The first-order chi connectivity index (χ1) is 12.6. The zero-order valence-corrected chi connectivity index (χ0v) is 16.5. The molecule has 3 rings (SSSR count). The Morgan fingerprint density at radius 2 is 1.70 bits per heavy atom. The number of piperidine rings is 1. The molecule has 1 saturated heterocycles. The van der Waals surface area contributed by atoms with Crippen molar-refractivity contribution in [2.45, 2.75) is 57.4 Å². The molecule has 2 fully saturated rings. The van der Waals surface area contributed by atoms with E-state index in [4.69, 9.17) is 5.11 Å². The lowest BCUT2D eigenvalue weighted by Gasteiger charge is -2.34. The van der Waals surface area contributed by atoms with Crippen molar-refractivity contribution in [2.24, 2.45) is 11.8 Å². The van der Waals surface area contributed by atoms with Gasteiger partial charge >= 0.3 is 5.97 Å². The number of anilines is 1. The van der Waals surface area contributed by atoms with Crippen LogP contribution in [-0.4, -0.2) is 41.1 Å². The highest BCUT2D eigenvalue weighted by Crippen LogP contribution is 2.29. The molecule has 2 heterocycles. The highest BCUT2D eigenvalue weighted by atomic mass is 35.5. The van der Waals surface area contributed by atoms with E-state index in [0.717, 1.165) is 58.0 Å². The fourth-order valence-corrected chi connectivity index (χ4v) is 4.20. The number of aromatic nitrogens is 1. The molecule has 27 heavy (non-hydrogen) atoms. The highest BCUT2D eigenvalue weighted by Gasteiger charge is 2.28. The summed E-state index contributed by atoms with van der Waals surface area (Å²) in [7, 11) is 0. The predicted molar refractivity (Wildman–Crippen MR) is 107 cm³/mol. The first kappa shape index (κ1) is 21.5. The lowest BCUT2D eigenvalue weighted by atomic mass is 9.83. The van der Waals surface area contributed by atoms with E-state index in [2.05, 4.69) is 15.2 Å². The SMILES string of the molecule is Cl.O=C(O)CCC1CCC(NC(=O)C2CCN(c3ccncc3)CC2)CC1. The number of aliphatic carboxylic acids is 1. The summed E-state index contributed by atoms with van der Waals surface area (Å²) in [5, 5.41) is 12.0. The maximum atomic E-state index is 12.6. The molecule has 1 saturated carbocycles. The average molecular weight is 396 g/mol. The van der Waals surface area contributed by atoms with Crippen LogP contribution in [0.5, 0.6) is 0 Å². The van der Waals surface area contributed by atoms with Gasteiger partial charge in [0.15, 0.2) is 0 Å². The van der Waals surface area contributed by atoms with Crippen LogP contribution in [0.15, 0.2) is 24.5 Å². The minimum absolute atomic E-state index is 0. The summed E-state index contributed by atoms with van der Waals surface area (Å²) in [5.74, 6) is 0.104. The molecular weight excluding hydrogens is 366 g/mol. The van der Waals surface area contributed by atoms with Gasteiger partial charge in [-0.15, -0.1) is 12.4 Å². The number of carbonyl (C=O) groups is 2. The van der Waals surface area contributed by atoms with Gasteiger partial charge in [0.2, 0.25) is 5.91 Å². The van der Waals surface area contributed by atoms with Crippen LogP contribution in [0.4, 0.5) is 5.69 Å². The van der Waals surface area contributed by atoms with E-state index in [1.165, 1.54) is 5.69 Å². The number of carbonyl (C=O) groups excluding carboxylic acids is 1. The predicted octanol–water partition coefficient (Wildman–Crippen LogP) is 3.26. The first-order valence-electron chi connectivity index (χ1n) is 9.79. The van der Waals surface area contributed by atoms with Crippen molar-refractivity contribution in [1.29, 1.82) is 0 Å². The second-order valence-corrected chi connectivity index (χ2v) is 7.63. The Morgan fingerprint density at radius 3 is 2.30 bits per heavy atom. The van der Waals surface area contributed by atoms with Gasteiger partial charge in [-0.05, 0) is 63.0 Å². The number of carboxylic acid groups (broad SMARTS) is 1. The van der Waals surface area contributed by atoms with E-state index >= 15 is 0 Å². The largest absolute Gasteiger partial charge is 0.481 e. The zero-order chi connectivity index (χ0) is 18.4. The number of rotatable bonds is 6. The summed E-state index contributed by atoms with van der Waals surface area (Å²) in [6.45, 7) is 1.81. The molecule has 1 aliphatic carbocycles. The van der Waals surface area contributed by atoms with Crippen molar-refractivity contribution in [3.8, 4) is 0 Å². The Bertz CT molecular complexity index is 598. The lowest BCUT2D eigenvalue weighted by Crippen LogP contribution is -2.45. The van der Waals surface area contributed by atoms with Crippen LogP contribution in [0, 0.1) is 11.8 Å². The topological polar surface area (TPSA) is 82.5 Å². The van der Waals surface area contributed by atoms with E-state index < -0.39 is 5.97 Å². The van der Waals surface area contributed by atoms with E-state index in [1.807, 2.05) is 12.1 Å². The van der Waals surface area contributed by atoms with Gasteiger partial charge in [-0.2, -0.15) is 0 Å². The highest BCUT2D eigenvalue weighted by molar-refractivity contribution is 5.85. The van der Waals surface area contributed by atoms with Crippen LogP contribution < -0.4 is 10.2 Å². The van der Waals surface area contributed by atoms with Gasteiger partial charge in [-0.25, -0.2) is 0 Å².